The van der Waals surface area contributed by atoms with E-state index < -0.39 is 0 Å². The maximum Gasteiger partial charge on any atom is 0.0991 e. The highest BCUT2D eigenvalue weighted by Crippen LogP contribution is 2.35. The van der Waals surface area contributed by atoms with Crippen molar-refractivity contribution in [2.45, 2.75) is 26.2 Å². The number of unbranched alkanes of at least 4 members (excludes halogenated alkanes) is 1. The average Bonchev–Trinajstić information content (AvgIpc) is 3.11. The van der Waals surface area contributed by atoms with Gasteiger partial charge in [0.15, 0.2) is 0 Å². The third-order valence-electron chi connectivity index (χ3n) is 3.90. The van der Waals surface area contributed by atoms with Crippen LogP contribution in [0.15, 0.2) is 30.3 Å². The molecular formula is C18H19N3S. The summed E-state index contributed by atoms with van der Waals surface area (Å²) in [5, 5.41) is 10.3. The summed E-state index contributed by atoms with van der Waals surface area (Å²) in [5.41, 5.74) is 9.94. The van der Waals surface area contributed by atoms with Crippen LogP contribution < -0.4 is 5.73 Å². The van der Waals surface area contributed by atoms with Crippen molar-refractivity contribution in [2.75, 3.05) is 6.54 Å². The molecule has 0 unspecified atom stereocenters. The van der Waals surface area contributed by atoms with Gasteiger partial charge in [0.05, 0.1) is 22.2 Å². The van der Waals surface area contributed by atoms with Crippen LogP contribution in [0.2, 0.25) is 0 Å². The second-order valence-electron chi connectivity index (χ2n) is 5.51. The molecule has 3 aromatic rings. The zero-order valence-corrected chi connectivity index (χ0v) is 13.5. The van der Waals surface area contributed by atoms with Crippen molar-refractivity contribution in [3.05, 3.63) is 46.3 Å². The van der Waals surface area contributed by atoms with Crippen LogP contribution in [-0.2, 0) is 6.42 Å². The van der Waals surface area contributed by atoms with Gasteiger partial charge in [-0.25, -0.2) is 0 Å². The molecule has 1 aromatic carbocycles. The fourth-order valence-electron chi connectivity index (χ4n) is 2.80. The largest absolute Gasteiger partial charge is 0.354 e. The van der Waals surface area contributed by atoms with Gasteiger partial charge in [-0.1, -0.05) is 0 Å². The first-order valence-electron chi connectivity index (χ1n) is 7.54. The smallest absolute Gasteiger partial charge is 0.0991 e. The molecule has 0 spiro atoms. The van der Waals surface area contributed by atoms with E-state index in [9.17, 15) is 0 Å². The monoisotopic (exact) mass is 309 g/mol. The number of benzene rings is 1. The van der Waals surface area contributed by atoms with Crippen LogP contribution in [0, 0.1) is 18.3 Å². The number of nitriles is 1. The summed E-state index contributed by atoms with van der Waals surface area (Å²) < 4.78 is 0. The van der Waals surface area contributed by atoms with E-state index in [1.807, 2.05) is 18.2 Å². The Balaban J connectivity index is 2.13. The summed E-state index contributed by atoms with van der Waals surface area (Å²) in [7, 11) is 0. The maximum absolute atomic E-state index is 9.15. The van der Waals surface area contributed by atoms with Gasteiger partial charge in [0, 0.05) is 15.8 Å². The molecule has 0 amide bonds. The SMILES string of the molecule is Cc1ccc(-c2[nH]c3ccc(C#N)cc3c2CCCCN)s1. The number of aromatic nitrogens is 1. The average molecular weight is 309 g/mol. The van der Waals surface area contributed by atoms with Crippen LogP contribution in [0.5, 0.6) is 0 Å². The topological polar surface area (TPSA) is 65.6 Å². The number of aromatic amines is 1. The number of nitrogens with zero attached hydrogens (tertiary/aromatic N) is 1. The Morgan fingerprint density at radius 2 is 2.09 bits per heavy atom. The van der Waals surface area contributed by atoms with Gasteiger partial charge in [0.25, 0.3) is 0 Å². The minimum absolute atomic E-state index is 0.709. The molecule has 0 saturated heterocycles. The Morgan fingerprint density at radius 1 is 1.23 bits per heavy atom. The predicted octanol–water partition coefficient (Wildman–Crippen LogP) is 4.36. The first kappa shape index (κ1) is 14.8. The molecule has 0 aliphatic rings. The van der Waals surface area contributed by atoms with Crippen LogP contribution in [-0.4, -0.2) is 11.5 Å². The Morgan fingerprint density at radius 3 is 2.77 bits per heavy atom. The van der Waals surface area contributed by atoms with E-state index in [0.717, 1.165) is 36.7 Å². The fourth-order valence-corrected chi connectivity index (χ4v) is 3.70. The van der Waals surface area contributed by atoms with Crippen LogP contribution in [0.25, 0.3) is 21.5 Å². The zero-order valence-electron chi connectivity index (χ0n) is 12.6. The second kappa shape index (κ2) is 6.35. The van der Waals surface area contributed by atoms with Crippen LogP contribution in [0.3, 0.4) is 0 Å². The molecular weight excluding hydrogens is 290 g/mol. The number of rotatable bonds is 5. The van der Waals surface area contributed by atoms with Crippen LogP contribution >= 0.6 is 11.3 Å². The maximum atomic E-state index is 9.15. The number of nitrogens with two attached hydrogens (primary N) is 1. The Labute approximate surface area is 134 Å². The molecule has 0 saturated carbocycles. The lowest BCUT2D eigenvalue weighted by Gasteiger charge is -2.03. The Bertz CT molecular complexity index is 836. The first-order chi connectivity index (χ1) is 10.7. The lowest BCUT2D eigenvalue weighted by molar-refractivity contribution is 0.748. The predicted molar refractivity (Wildman–Crippen MR) is 93.1 cm³/mol. The summed E-state index contributed by atoms with van der Waals surface area (Å²) in [6.45, 7) is 2.85. The third-order valence-corrected chi connectivity index (χ3v) is 4.92. The molecule has 2 heterocycles. The van der Waals surface area contributed by atoms with Gasteiger partial charge in [-0.05, 0) is 68.6 Å². The van der Waals surface area contributed by atoms with Crippen molar-refractivity contribution >= 4 is 22.2 Å². The zero-order chi connectivity index (χ0) is 15.5. The molecule has 0 aliphatic heterocycles. The van der Waals surface area contributed by atoms with Gasteiger partial charge in [0.1, 0.15) is 0 Å². The third kappa shape index (κ3) is 2.78. The van der Waals surface area contributed by atoms with Crippen LogP contribution in [0.4, 0.5) is 0 Å². The van der Waals surface area contributed by atoms with E-state index >= 15 is 0 Å². The van der Waals surface area contributed by atoms with E-state index in [-0.39, 0.29) is 0 Å². The molecule has 112 valence electrons. The number of hydrogen-bond acceptors (Lipinski definition) is 3. The normalized spacial score (nSPS) is 11.0. The van der Waals surface area contributed by atoms with Gasteiger partial charge in [-0.2, -0.15) is 5.26 Å². The molecule has 2 aromatic heterocycles. The number of hydrogen-bond donors (Lipinski definition) is 2. The van der Waals surface area contributed by atoms with Crippen molar-refractivity contribution in [1.82, 2.24) is 4.98 Å². The number of H-pyrrole nitrogens is 1. The number of thiophene rings is 1. The molecule has 4 heteroatoms. The Hall–Kier alpha value is -2.09. The van der Waals surface area contributed by atoms with Gasteiger partial charge in [-0.3, -0.25) is 0 Å². The minimum Gasteiger partial charge on any atom is -0.354 e. The number of fused-ring (bicyclic) bond motifs is 1. The van der Waals surface area contributed by atoms with Gasteiger partial charge >= 0.3 is 0 Å². The van der Waals surface area contributed by atoms with Gasteiger partial charge < -0.3 is 10.7 Å². The van der Waals surface area contributed by atoms with E-state index in [4.69, 9.17) is 11.0 Å². The molecule has 0 atom stereocenters. The van der Waals surface area contributed by atoms with Crippen molar-refractivity contribution in [3.8, 4) is 16.6 Å². The summed E-state index contributed by atoms with van der Waals surface area (Å²) >= 11 is 1.80. The minimum atomic E-state index is 0.709. The summed E-state index contributed by atoms with van der Waals surface area (Å²) in [6.07, 6.45) is 3.07. The molecule has 0 bridgehead atoms. The van der Waals surface area contributed by atoms with Crippen molar-refractivity contribution < 1.29 is 0 Å². The van der Waals surface area contributed by atoms with Crippen LogP contribution in [0.1, 0.15) is 28.8 Å². The van der Waals surface area contributed by atoms with Crippen molar-refractivity contribution in [2.24, 2.45) is 5.73 Å². The lowest BCUT2D eigenvalue weighted by Crippen LogP contribution is -1.99. The molecule has 22 heavy (non-hydrogen) atoms. The summed E-state index contributed by atoms with van der Waals surface area (Å²) in [6, 6.07) is 12.4. The second-order valence-corrected chi connectivity index (χ2v) is 6.79. The highest BCUT2D eigenvalue weighted by molar-refractivity contribution is 7.15. The molecule has 3 N–H and O–H groups in total. The highest BCUT2D eigenvalue weighted by atomic mass is 32.1. The van der Waals surface area contributed by atoms with E-state index in [2.05, 4.69) is 30.1 Å². The Kier molecular flexibility index (Phi) is 4.28. The van der Waals surface area contributed by atoms with E-state index in [1.54, 1.807) is 11.3 Å². The van der Waals surface area contributed by atoms with Crippen molar-refractivity contribution in [3.63, 3.8) is 0 Å². The molecule has 0 fully saturated rings. The fraction of sp³-hybridized carbons (Fsp3) is 0.278. The molecule has 0 radical (unpaired) electrons. The molecule has 3 nitrogen and oxygen atoms in total. The van der Waals surface area contributed by atoms with Gasteiger partial charge in [-0.15, -0.1) is 11.3 Å². The first-order valence-corrected chi connectivity index (χ1v) is 8.36. The van der Waals surface area contributed by atoms with E-state index in [0.29, 0.717) is 5.56 Å². The quantitative estimate of drug-likeness (QED) is 0.688. The number of nitrogens with one attached hydrogen (secondary N) is 1. The van der Waals surface area contributed by atoms with Crippen molar-refractivity contribution in [1.29, 1.82) is 5.26 Å². The summed E-state index contributed by atoms with van der Waals surface area (Å²) in [4.78, 5) is 6.11. The number of aryl methyl sites for hydroxylation is 2. The molecule has 3 rings (SSSR count). The van der Waals surface area contributed by atoms with E-state index in [1.165, 1.54) is 21.0 Å². The summed E-state index contributed by atoms with van der Waals surface area (Å²) in [5.74, 6) is 0. The highest BCUT2D eigenvalue weighted by Gasteiger charge is 2.14. The standard InChI is InChI=1S/C18H19N3S/c1-12-5-8-17(22-12)18-14(4-2-3-9-19)15-10-13(11-20)6-7-16(15)21-18/h5-8,10,21H,2-4,9,19H2,1H3. The molecule has 0 aliphatic carbocycles. The van der Waals surface area contributed by atoms with Gasteiger partial charge in [0.2, 0.25) is 0 Å². The lowest BCUT2D eigenvalue weighted by atomic mass is 10.0.